The molecule has 0 amide bonds. The number of rotatable bonds is 1. The molecule has 1 aromatic heterocycles. The maximum absolute atomic E-state index is 6.85. The smallest absolute Gasteiger partial charge is 0.333 e. The summed E-state index contributed by atoms with van der Waals surface area (Å²) in [6, 6.07) is 27.3. The minimum absolute atomic E-state index is 0.0000302. The fourth-order valence-electron chi connectivity index (χ4n) is 12.8. The first-order valence-electron chi connectivity index (χ1n) is 23.1. The van der Waals surface area contributed by atoms with Crippen molar-refractivity contribution in [1.29, 1.82) is 0 Å². The topological polar surface area (TPSA) is 19.6 Å². The minimum Gasteiger partial charge on any atom is -0.456 e. The summed E-state index contributed by atoms with van der Waals surface area (Å²) in [6.45, 7) is 34.0. The van der Waals surface area contributed by atoms with Crippen LogP contribution in [0.1, 0.15) is 161 Å². The molecule has 1 fully saturated rings. The third kappa shape index (κ3) is 4.91. The van der Waals surface area contributed by atoms with Gasteiger partial charge in [0.15, 0.2) is 0 Å². The lowest BCUT2D eigenvalue weighted by Gasteiger charge is -2.53. The van der Waals surface area contributed by atoms with E-state index in [4.69, 9.17) is 4.42 Å². The van der Waals surface area contributed by atoms with Gasteiger partial charge in [-0.2, -0.15) is 0 Å². The van der Waals surface area contributed by atoms with Crippen molar-refractivity contribution in [1.82, 2.24) is 0 Å². The number of hydrogen-bond acceptors (Lipinski definition) is 3. The van der Waals surface area contributed by atoms with E-state index < -0.39 is 0 Å². The molecule has 4 heteroatoms. The molecule has 2 atom stereocenters. The van der Waals surface area contributed by atoms with Crippen LogP contribution >= 0.6 is 0 Å². The van der Waals surface area contributed by atoms with Crippen molar-refractivity contribution in [3.63, 3.8) is 0 Å². The lowest BCUT2D eigenvalue weighted by molar-refractivity contribution is 0.195. The van der Waals surface area contributed by atoms with Crippen LogP contribution in [0.15, 0.2) is 71.1 Å². The zero-order chi connectivity index (χ0) is 42.4. The highest BCUT2D eigenvalue weighted by molar-refractivity contribution is 6.93. The van der Waals surface area contributed by atoms with E-state index in [1.54, 1.807) is 5.56 Å². The van der Waals surface area contributed by atoms with E-state index in [1.807, 2.05) is 0 Å². The highest BCUT2D eigenvalue weighted by Crippen LogP contribution is 2.63. The SMILES string of the molecule is Cc1cc2c3c(c1)N1c4c(cc(C(C)(C)C)cc4C4(C)CCCCC14C)B3N(c1cc3c(cc1C)C(C)(C)CCC3(C)C)c1cc3c(cc1-2)oc1ccc(C(C)(C)C)cc13. The van der Waals surface area contributed by atoms with Gasteiger partial charge in [-0.25, -0.2) is 0 Å². The van der Waals surface area contributed by atoms with Crippen molar-refractivity contribution >= 4 is 62.5 Å². The average molecular weight is 793 g/mol. The molecule has 3 nitrogen and oxygen atoms in total. The van der Waals surface area contributed by atoms with Gasteiger partial charge in [0.05, 0.1) is 5.54 Å². The van der Waals surface area contributed by atoms with E-state index in [0.717, 1.165) is 11.2 Å². The van der Waals surface area contributed by atoms with E-state index in [2.05, 4.69) is 173 Å². The Kier molecular flexibility index (Phi) is 7.52. The monoisotopic (exact) mass is 793 g/mol. The summed E-state index contributed by atoms with van der Waals surface area (Å²) in [5, 5.41) is 2.40. The van der Waals surface area contributed by atoms with Gasteiger partial charge in [0.2, 0.25) is 0 Å². The second-order valence-electron chi connectivity index (χ2n) is 23.8. The van der Waals surface area contributed by atoms with Crippen molar-refractivity contribution in [2.75, 3.05) is 9.71 Å². The third-order valence-electron chi connectivity index (χ3n) is 16.9. The van der Waals surface area contributed by atoms with Gasteiger partial charge in [0.1, 0.15) is 11.2 Å². The molecule has 6 aromatic rings. The zero-order valence-electron chi connectivity index (χ0n) is 39.0. The molecule has 2 unspecified atom stereocenters. The Bertz CT molecular complexity index is 2880. The molecule has 0 bridgehead atoms. The summed E-state index contributed by atoms with van der Waals surface area (Å²) in [7, 11) is 0. The van der Waals surface area contributed by atoms with Crippen molar-refractivity contribution < 1.29 is 4.42 Å². The molecular formula is C56H65BN2O. The van der Waals surface area contributed by atoms with Crippen LogP contribution in [0.3, 0.4) is 0 Å². The number of anilines is 4. The molecule has 0 radical (unpaired) electrons. The molecule has 60 heavy (non-hydrogen) atoms. The standard InChI is InChI=1S/C56H65BN2O/c1-32-23-39-36-30-48-38(37-26-34(51(3,4)5)17-18-47(37)60-48)29-45(36)59(44-31-41-40(25-33(44)2)53(9,10)21-22-54(41,11)12)57-43-28-35(52(6,7)8)27-42-50(43)58(46(24-32)49(39)57)56(14)20-16-15-19-55(42,56)13/h17-18,23-31H,15-16,19-22H2,1-14H3. The molecule has 0 spiro atoms. The predicted octanol–water partition coefficient (Wildman–Crippen LogP) is 14.1. The summed E-state index contributed by atoms with van der Waals surface area (Å²) >= 11 is 0. The summed E-state index contributed by atoms with van der Waals surface area (Å²) in [5.41, 5.74) is 23.3. The molecule has 0 N–H and O–H groups in total. The van der Waals surface area contributed by atoms with Crippen molar-refractivity contribution in [3.05, 3.63) is 106 Å². The quantitative estimate of drug-likeness (QED) is 0.155. The van der Waals surface area contributed by atoms with Gasteiger partial charge in [-0.3, -0.25) is 0 Å². The largest absolute Gasteiger partial charge is 0.456 e. The Morgan fingerprint density at radius 1 is 0.583 bits per heavy atom. The van der Waals surface area contributed by atoms with Gasteiger partial charge < -0.3 is 14.1 Å². The molecule has 5 aliphatic rings. The number of hydrogen-bond donors (Lipinski definition) is 0. The maximum atomic E-state index is 6.85. The summed E-state index contributed by atoms with van der Waals surface area (Å²) in [5.74, 6) is 0. The number of aryl methyl sites for hydroxylation is 2. The first-order chi connectivity index (χ1) is 28.0. The second-order valence-corrected chi connectivity index (χ2v) is 23.8. The Hall–Kier alpha value is -4.44. The Balaban J connectivity index is 1.30. The van der Waals surface area contributed by atoms with Gasteiger partial charge in [-0.1, -0.05) is 119 Å². The number of benzene rings is 5. The fraction of sp³-hybridized carbons (Fsp3) is 0.464. The van der Waals surface area contributed by atoms with Crippen LogP contribution in [-0.4, -0.2) is 12.4 Å². The molecule has 0 saturated heterocycles. The predicted molar refractivity (Wildman–Crippen MR) is 258 cm³/mol. The Morgan fingerprint density at radius 2 is 1.25 bits per heavy atom. The first-order valence-corrected chi connectivity index (χ1v) is 23.1. The van der Waals surface area contributed by atoms with Crippen LogP contribution < -0.4 is 20.6 Å². The summed E-state index contributed by atoms with van der Waals surface area (Å²) < 4.78 is 6.85. The highest BCUT2D eigenvalue weighted by atomic mass is 16.3. The Labute approximate surface area is 360 Å². The molecule has 4 heterocycles. The van der Waals surface area contributed by atoms with Gasteiger partial charge in [0, 0.05) is 44.5 Å². The summed E-state index contributed by atoms with van der Waals surface area (Å²) in [6.07, 6.45) is 7.36. The molecule has 3 aliphatic heterocycles. The molecule has 11 rings (SSSR count). The number of furan rings is 1. The lowest BCUT2D eigenvalue weighted by Crippen LogP contribution is -2.65. The van der Waals surface area contributed by atoms with E-state index >= 15 is 0 Å². The van der Waals surface area contributed by atoms with E-state index in [1.165, 1.54) is 127 Å². The van der Waals surface area contributed by atoms with Crippen molar-refractivity contribution in [2.45, 2.75) is 168 Å². The third-order valence-corrected chi connectivity index (χ3v) is 16.9. The molecule has 2 aliphatic carbocycles. The number of fused-ring (bicyclic) bond motifs is 11. The Morgan fingerprint density at radius 3 is 1.95 bits per heavy atom. The molecular weight excluding hydrogens is 727 g/mol. The van der Waals surface area contributed by atoms with E-state index in [-0.39, 0.29) is 39.5 Å². The van der Waals surface area contributed by atoms with Crippen molar-refractivity contribution in [3.8, 4) is 11.1 Å². The van der Waals surface area contributed by atoms with E-state index in [9.17, 15) is 0 Å². The van der Waals surface area contributed by atoms with Gasteiger partial charge >= 0.3 is 6.85 Å². The zero-order valence-corrected chi connectivity index (χ0v) is 39.0. The van der Waals surface area contributed by atoms with Crippen LogP contribution in [0.4, 0.5) is 22.7 Å². The number of nitrogens with zero attached hydrogens (tertiary/aromatic N) is 2. The van der Waals surface area contributed by atoms with Gasteiger partial charge in [-0.15, -0.1) is 0 Å². The van der Waals surface area contributed by atoms with Crippen LogP contribution in [0.5, 0.6) is 0 Å². The normalized spacial score (nSPS) is 23.4. The minimum atomic E-state index is -0.0265. The van der Waals surface area contributed by atoms with Crippen molar-refractivity contribution in [2.24, 2.45) is 0 Å². The molecule has 1 saturated carbocycles. The molecule has 308 valence electrons. The highest BCUT2D eigenvalue weighted by Gasteiger charge is 2.62. The van der Waals surface area contributed by atoms with Crippen LogP contribution in [-0.2, 0) is 27.1 Å². The van der Waals surface area contributed by atoms with Crippen LogP contribution in [0, 0.1) is 13.8 Å². The van der Waals surface area contributed by atoms with E-state index in [0.29, 0.717) is 0 Å². The lowest BCUT2D eigenvalue weighted by atomic mass is 9.43. The van der Waals surface area contributed by atoms with Crippen LogP contribution in [0.25, 0.3) is 33.1 Å². The van der Waals surface area contributed by atoms with Gasteiger partial charge in [0.25, 0.3) is 0 Å². The average Bonchev–Trinajstić information content (AvgIpc) is 3.63. The fourth-order valence-corrected chi connectivity index (χ4v) is 12.8. The summed E-state index contributed by atoms with van der Waals surface area (Å²) in [4.78, 5) is 5.70. The van der Waals surface area contributed by atoms with Gasteiger partial charge in [-0.05, 0) is 160 Å². The van der Waals surface area contributed by atoms with Crippen LogP contribution in [0.2, 0.25) is 0 Å². The second kappa shape index (κ2) is 11.7. The maximum Gasteiger partial charge on any atom is 0.333 e. The first kappa shape index (κ1) is 38.5. The molecule has 5 aromatic carbocycles.